The Kier molecular flexibility index (Phi) is 9.31. The molecule has 0 saturated heterocycles. The molecule has 0 radical (unpaired) electrons. The van der Waals surface area contributed by atoms with Gasteiger partial charge in [-0.3, -0.25) is 0 Å². The number of benzene rings is 1. The topological polar surface area (TPSA) is 55.8 Å². The first-order valence-electron chi connectivity index (χ1n) is 8.21. The highest BCUT2D eigenvalue weighted by atomic mass is 16.5. The number of carboxylic acid groups (broad SMARTS) is 1. The normalized spacial score (nSPS) is 12.1. The van der Waals surface area contributed by atoms with Gasteiger partial charge in [-0.15, -0.1) is 0 Å². The Labute approximate surface area is 133 Å². The van der Waals surface area contributed by atoms with Crippen LogP contribution in [0.2, 0.25) is 0 Å². The molecule has 0 aliphatic heterocycles. The summed E-state index contributed by atoms with van der Waals surface area (Å²) < 4.78 is 11.3. The number of aromatic carboxylic acids is 1. The summed E-state index contributed by atoms with van der Waals surface area (Å²) >= 11 is 0. The highest BCUT2D eigenvalue weighted by Gasteiger charge is 2.11. The van der Waals surface area contributed by atoms with E-state index in [4.69, 9.17) is 14.6 Å². The van der Waals surface area contributed by atoms with Crippen LogP contribution in [0.4, 0.5) is 0 Å². The predicted octanol–water partition coefficient (Wildman–Crippen LogP) is 4.53. The van der Waals surface area contributed by atoms with E-state index in [1.807, 2.05) is 6.92 Å². The van der Waals surface area contributed by atoms with Gasteiger partial charge < -0.3 is 14.6 Å². The van der Waals surface area contributed by atoms with E-state index < -0.39 is 5.97 Å². The second-order valence-electron chi connectivity index (χ2n) is 5.56. The maximum atomic E-state index is 11.1. The molecule has 0 aliphatic rings. The molecule has 0 heterocycles. The highest BCUT2D eigenvalue weighted by Crippen LogP contribution is 2.18. The van der Waals surface area contributed by atoms with E-state index >= 15 is 0 Å². The maximum absolute atomic E-state index is 11.1. The van der Waals surface area contributed by atoms with Crippen LogP contribution in [0, 0.1) is 0 Å². The van der Waals surface area contributed by atoms with Gasteiger partial charge in [0.15, 0.2) is 0 Å². The van der Waals surface area contributed by atoms with Crippen molar-refractivity contribution in [1.29, 1.82) is 0 Å². The maximum Gasteiger partial charge on any atom is 0.339 e. The smallest absolute Gasteiger partial charge is 0.339 e. The number of hydrogen-bond acceptors (Lipinski definition) is 3. The molecule has 1 N–H and O–H groups in total. The van der Waals surface area contributed by atoms with Gasteiger partial charge in [0.2, 0.25) is 0 Å². The summed E-state index contributed by atoms with van der Waals surface area (Å²) in [7, 11) is 0. The SMILES string of the molecule is CCCCCCCCOC(C)COc1ccccc1C(=O)O. The van der Waals surface area contributed by atoms with Crippen LogP contribution in [0.15, 0.2) is 24.3 Å². The number of para-hydroxylation sites is 1. The van der Waals surface area contributed by atoms with E-state index in [-0.39, 0.29) is 11.7 Å². The van der Waals surface area contributed by atoms with Crippen molar-refractivity contribution in [1.82, 2.24) is 0 Å². The first-order valence-corrected chi connectivity index (χ1v) is 8.21. The van der Waals surface area contributed by atoms with E-state index in [1.165, 1.54) is 32.1 Å². The van der Waals surface area contributed by atoms with Crippen LogP contribution in [-0.2, 0) is 4.74 Å². The van der Waals surface area contributed by atoms with Crippen molar-refractivity contribution in [3.63, 3.8) is 0 Å². The minimum Gasteiger partial charge on any atom is -0.490 e. The van der Waals surface area contributed by atoms with Crippen LogP contribution < -0.4 is 4.74 Å². The fraction of sp³-hybridized carbons (Fsp3) is 0.611. The van der Waals surface area contributed by atoms with Crippen LogP contribution in [-0.4, -0.2) is 30.4 Å². The van der Waals surface area contributed by atoms with Crippen LogP contribution in [0.25, 0.3) is 0 Å². The van der Waals surface area contributed by atoms with Crippen molar-refractivity contribution in [2.75, 3.05) is 13.2 Å². The van der Waals surface area contributed by atoms with E-state index in [9.17, 15) is 4.79 Å². The second kappa shape index (κ2) is 11.1. The fourth-order valence-electron chi connectivity index (χ4n) is 2.19. The molecule has 4 heteroatoms. The molecule has 0 aromatic heterocycles. The zero-order chi connectivity index (χ0) is 16.2. The van der Waals surface area contributed by atoms with Gasteiger partial charge in [0.05, 0.1) is 6.10 Å². The average molecular weight is 308 g/mol. The van der Waals surface area contributed by atoms with Gasteiger partial charge in [-0.1, -0.05) is 51.2 Å². The van der Waals surface area contributed by atoms with Gasteiger partial charge in [-0.25, -0.2) is 4.79 Å². The molecule has 0 aliphatic carbocycles. The molecule has 0 amide bonds. The fourth-order valence-corrected chi connectivity index (χ4v) is 2.19. The van der Waals surface area contributed by atoms with Gasteiger partial charge in [-0.2, -0.15) is 0 Å². The van der Waals surface area contributed by atoms with Gasteiger partial charge in [0.1, 0.15) is 17.9 Å². The van der Waals surface area contributed by atoms with E-state index in [0.717, 1.165) is 13.0 Å². The summed E-state index contributed by atoms with van der Waals surface area (Å²) in [5, 5.41) is 9.08. The number of unbranched alkanes of at least 4 members (excludes halogenated alkanes) is 5. The lowest BCUT2D eigenvalue weighted by Crippen LogP contribution is -2.19. The van der Waals surface area contributed by atoms with E-state index in [0.29, 0.717) is 12.4 Å². The summed E-state index contributed by atoms with van der Waals surface area (Å²) in [5.41, 5.74) is 0.186. The van der Waals surface area contributed by atoms with E-state index in [1.54, 1.807) is 24.3 Å². The third kappa shape index (κ3) is 7.46. The predicted molar refractivity (Wildman–Crippen MR) is 87.7 cm³/mol. The molecule has 0 bridgehead atoms. The molecule has 0 saturated carbocycles. The van der Waals surface area contributed by atoms with Crippen LogP contribution in [0.1, 0.15) is 62.7 Å². The molecule has 22 heavy (non-hydrogen) atoms. The summed E-state index contributed by atoms with van der Waals surface area (Å²) in [5.74, 6) is -0.582. The first kappa shape index (κ1) is 18.5. The molecular formula is C18H28O4. The summed E-state index contributed by atoms with van der Waals surface area (Å²) in [6.07, 6.45) is 7.39. The van der Waals surface area contributed by atoms with Crippen molar-refractivity contribution in [3.05, 3.63) is 29.8 Å². The Hall–Kier alpha value is -1.55. The molecule has 1 atom stereocenters. The van der Waals surface area contributed by atoms with Crippen molar-refractivity contribution in [2.45, 2.75) is 58.5 Å². The van der Waals surface area contributed by atoms with Crippen LogP contribution in [0.5, 0.6) is 5.75 Å². The van der Waals surface area contributed by atoms with Gasteiger partial charge in [-0.05, 0) is 25.5 Å². The zero-order valence-corrected chi connectivity index (χ0v) is 13.7. The van der Waals surface area contributed by atoms with Crippen LogP contribution >= 0.6 is 0 Å². The van der Waals surface area contributed by atoms with E-state index in [2.05, 4.69) is 6.92 Å². The molecule has 0 spiro atoms. The van der Waals surface area contributed by atoms with Crippen LogP contribution in [0.3, 0.4) is 0 Å². The zero-order valence-electron chi connectivity index (χ0n) is 13.7. The monoisotopic (exact) mass is 308 g/mol. The lowest BCUT2D eigenvalue weighted by atomic mass is 10.1. The summed E-state index contributed by atoms with van der Waals surface area (Å²) in [6, 6.07) is 6.67. The molecule has 1 aromatic carbocycles. The third-order valence-electron chi connectivity index (χ3n) is 3.49. The average Bonchev–Trinajstić information content (AvgIpc) is 2.52. The molecular weight excluding hydrogens is 280 g/mol. The van der Waals surface area contributed by atoms with Crippen molar-refractivity contribution in [3.8, 4) is 5.75 Å². The lowest BCUT2D eigenvalue weighted by Gasteiger charge is -2.15. The van der Waals surface area contributed by atoms with Gasteiger partial charge in [0.25, 0.3) is 0 Å². The first-order chi connectivity index (χ1) is 10.6. The Morgan fingerprint density at radius 3 is 2.55 bits per heavy atom. The van der Waals surface area contributed by atoms with Crippen molar-refractivity contribution in [2.24, 2.45) is 0 Å². The molecule has 1 unspecified atom stereocenters. The standard InChI is InChI=1S/C18H28O4/c1-3-4-5-6-7-10-13-21-15(2)14-22-17-12-9-8-11-16(17)18(19)20/h8-9,11-12,15H,3-7,10,13-14H2,1-2H3,(H,19,20). The highest BCUT2D eigenvalue weighted by molar-refractivity contribution is 5.90. The molecule has 1 aromatic rings. The number of rotatable bonds is 12. The summed E-state index contributed by atoms with van der Waals surface area (Å²) in [6.45, 7) is 5.26. The Balaban J connectivity index is 2.18. The quantitative estimate of drug-likeness (QED) is 0.576. The number of carboxylic acids is 1. The lowest BCUT2D eigenvalue weighted by molar-refractivity contribution is 0.0296. The minimum absolute atomic E-state index is 0.0440. The Morgan fingerprint density at radius 2 is 1.82 bits per heavy atom. The number of hydrogen-bond donors (Lipinski definition) is 1. The molecule has 1 rings (SSSR count). The van der Waals surface area contributed by atoms with Gasteiger partial charge in [0, 0.05) is 6.61 Å². The number of carbonyl (C=O) groups is 1. The molecule has 124 valence electrons. The Morgan fingerprint density at radius 1 is 1.14 bits per heavy atom. The van der Waals surface area contributed by atoms with Gasteiger partial charge >= 0.3 is 5.97 Å². The third-order valence-corrected chi connectivity index (χ3v) is 3.49. The van der Waals surface area contributed by atoms with Crippen molar-refractivity contribution >= 4 is 5.97 Å². The Bertz CT molecular complexity index is 431. The molecule has 0 fully saturated rings. The minimum atomic E-state index is -0.976. The number of ether oxygens (including phenoxy) is 2. The largest absolute Gasteiger partial charge is 0.490 e. The molecule has 4 nitrogen and oxygen atoms in total. The second-order valence-corrected chi connectivity index (χ2v) is 5.56. The van der Waals surface area contributed by atoms with Crippen molar-refractivity contribution < 1.29 is 19.4 Å². The summed E-state index contributed by atoms with van der Waals surface area (Å²) in [4.78, 5) is 11.1.